The summed E-state index contributed by atoms with van der Waals surface area (Å²) in [6.45, 7) is 0. The third-order valence-electron chi connectivity index (χ3n) is 2.02. The van der Waals surface area contributed by atoms with Crippen molar-refractivity contribution in [3.8, 4) is 0 Å². The van der Waals surface area contributed by atoms with Crippen LogP contribution in [-0.2, 0) is 15.0 Å². The second-order valence-electron chi connectivity index (χ2n) is 3.74. The summed E-state index contributed by atoms with van der Waals surface area (Å²) in [6, 6.07) is 0. The van der Waals surface area contributed by atoms with E-state index in [0.29, 0.717) is 0 Å². The van der Waals surface area contributed by atoms with Gasteiger partial charge in [-0.05, 0) is 11.6 Å². The molecule has 0 aromatic rings. The van der Waals surface area contributed by atoms with Gasteiger partial charge in [-0.15, -0.1) is 0 Å². The summed E-state index contributed by atoms with van der Waals surface area (Å²) in [4.78, 5) is 0. The summed E-state index contributed by atoms with van der Waals surface area (Å²) >= 11 is 28.0. The summed E-state index contributed by atoms with van der Waals surface area (Å²) in [5.41, 5.74) is 0. The topological polar surface area (TPSA) is 43.4 Å². The molecule has 0 aliphatic carbocycles. The standard InChI is InChI=1S/C6Cl6F8O3S/c7-1(8,2(9,13)4(12,14)15)3(10,11)23-5(16,17)6(18,19)24(20,21)22. The van der Waals surface area contributed by atoms with Gasteiger partial charge >= 0.3 is 27.0 Å². The van der Waals surface area contributed by atoms with Crippen molar-refractivity contribution in [2.24, 2.45) is 0 Å². The van der Waals surface area contributed by atoms with Gasteiger partial charge in [0.05, 0.1) is 0 Å². The molecule has 0 aromatic carbocycles. The van der Waals surface area contributed by atoms with Gasteiger partial charge in [0.2, 0.25) is 4.33 Å². The fourth-order valence-corrected chi connectivity index (χ4v) is 2.35. The molecule has 0 spiro atoms. The molecule has 0 radical (unpaired) electrons. The van der Waals surface area contributed by atoms with Crippen molar-refractivity contribution in [1.29, 1.82) is 0 Å². The molecule has 0 aromatic heterocycles. The highest BCUT2D eigenvalue weighted by Gasteiger charge is 2.78. The predicted molar refractivity (Wildman–Crippen MR) is 70.4 cm³/mol. The highest BCUT2D eigenvalue weighted by Crippen LogP contribution is 2.61. The van der Waals surface area contributed by atoms with Crippen molar-refractivity contribution in [3.05, 3.63) is 0 Å². The van der Waals surface area contributed by atoms with Gasteiger partial charge in [0.1, 0.15) is 0 Å². The van der Waals surface area contributed by atoms with Crippen LogP contribution in [0.4, 0.5) is 34.6 Å². The monoisotopic (exact) mass is 514 g/mol. The molecule has 0 amide bonds. The quantitative estimate of drug-likeness (QED) is 0.254. The summed E-state index contributed by atoms with van der Waals surface area (Å²) in [7, 11) is -7.35. The van der Waals surface area contributed by atoms with Gasteiger partial charge < -0.3 is 0 Å². The zero-order chi connectivity index (χ0) is 20.2. The summed E-state index contributed by atoms with van der Waals surface area (Å²) < 4.78 is 117. The molecular weight excluding hydrogens is 517 g/mol. The molecule has 0 N–H and O–H groups in total. The van der Waals surface area contributed by atoms with E-state index in [0.717, 1.165) is 0 Å². The maximum absolute atomic E-state index is 13.7. The minimum absolute atomic E-state index is 2.81. The van der Waals surface area contributed by atoms with Crippen molar-refractivity contribution in [2.45, 2.75) is 30.7 Å². The van der Waals surface area contributed by atoms with Crippen molar-refractivity contribution < 1.29 is 47.8 Å². The van der Waals surface area contributed by atoms with Gasteiger partial charge in [-0.2, -0.15) is 34.8 Å². The maximum atomic E-state index is 13.7. The molecule has 0 saturated carbocycles. The Bertz CT molecular complexity index is 588. The fourth-order valence-electron chi connectivity index (χ4n) is 0.787. The first-order valence-corrected chi connectivity index (χ1v) is 8.21. The van der Waals surface area contributed by atoms with Crippen molar-refractivity contribution in [1.82, 2.24) is 0 Å². The van der Waals surface area contributed by atoms with Crippen LogP contribution in [0.25, 0.3) is 0 Å². The maximum Gasteiger partial charge on any atom is 0.464 e. The molecule has 0 aliphatic heterocycles. The molecule has 0 heterocycles. The van der Waals surface area contributed by atoms with E-state index in [1.807, 2.05) is 0 Å². The SMILES string of the molecule is O=S(=O)(F)C(F)(F)C(F)(F)OC(Cl)(Cl)C(Cl)(Cl)C(F)(Cl)C(F)(F)Cl. The molecule has 0 saturated heterocycles. The summed E-state index contributed by atoms with van der Waals surface area (Å²) in [5.74, 6) is 0. The van der Waals surface area contributed by atoms with Crippen LogP contribution in [0.2, 0.25) is 0 Å². The number of rotatable bonds is 7. The van der Waals surface area contributed by atoms with Crippen LogP contribution in [-0.4, -0.2) is 39.1 Å². The van der Waals surface area contributed by atoms with Crippen molar-refractivity contribution in [3.63, 3.8) is 0 Å². The number of hydrogen-bond donors (Lipinski definition) is 0. The van der Waals surface area contributed by atoms with Gasteiger partial charge in [0.15, 0.2) is 0 Å². The molecule has 146 valence electrons. The molecule has 18 heteroatoms. The minimum Gasteiger partial charge on any atom is -0.274 e. The number of ether oxygens (including phenoxy) is 1. The summed E-state index contributed by atoms with van der Waals surface area (Å²) in [5, 5.41) is -17.0. The first kappa shape index (κ1) is 25.1. The van der Waals surface area contributed by atoms with E-state index in [2.05, 4.69) is 27.9 Å². The Kier molecular flexibility index (Phi) is 6.91. The Morgan fingerprint density at radius 1 is 0.750 bits per heavy atom. The van der Waals surface area contributed by atoms with Gasteiger partial charge in [-0.25, -0.2) is 4.39 Å². The minimum atomic E-state index is -7.35. The Labute approximate surface area is 158 Å². The van der Waals surface area contributed by atoms with E-state index in [9.17, 15) is 43.0 Å². The average Bonchev–Trinajstić information content (AvgIpc) is 2.23. The molecular formula is C6Cl6F8O3S. The van der Waals surface area contributed by atoms with Crippen molar-refractivity contribution >= 4 is 79.8 Å². The Morgan fingerprint density at radius 3 is 1.33 bits per heavy atom. The van der Waals surface area contributed by atoms with E-state index in [1.165, 1.54) is 0 Å². The summed E-state index contributed by atoms with van der Waals surface area (Å²) in [6.07, 6.45) is -6.48. The lowest BCUT2D eigenvalue weighted by Crippen LogP contribution is -2.61. The van der Waals surface area contributed by atoms with Gasteiger partial charge in [0, 0.05) is 0 Å². The third kappa shape index (κ3) is 4.15. The molecule has 0 fully saturated rings. The molecule has 0 bridgehead atoms. The third-order valence-corrected chi connectivity index (χ3v) is 6.10. The first-order valence-electron chi connectivity index (χ1n) is 4.56. The van der Waals surface area contributed by atoms with Gasteiger partial charge in [0.25, 0.3) is 9.65 Å². The van der Waals surface area contributed by atoms with Crippen LogP contribution in [0.1, 0.15) is 0 Å². The van der Waals surface area contributed by atoms with E-state index in [-0.39, 0.29) is 0 Å². The molecule has 1 atom stereocenters. The first-order chi connectivity index (χ1) is 9.96. The number of hydrogen-bond acceptors (Lipinski definition) is 3. The van der Waals surface area contributed by atoms with Crippen LogP contribution in [0, 0.1) is 0 Å². The van der Waals surface area contributed by atoms with Crippen molar-refractivity contribution in [2.75, 3.05) is 0 Å². The molecule has 0 rings (SSSR count). The van der Waals surface area contributed by atoms with E-state index >= 15 is 0 Å². The zero-order valence-corrected chi connectivity index (χ0v) is 15.3. The normalized spacial score (nSPS) is 18.4. The van der Waals surface area contributed by atoms with Crippen LogP contribution < -0.4 is 0 Å². The number of halogens is 14. The van der Waals surface area contributed by atoms with E-state index < -0.39 is 40.9 Å². The molecule has 1 unspecified atom stereocenters. The second kappa shape index (κ2) is 6.61. The molecule has 0 aliphatic rings. The van der Waals surface area contributed by atoms with Gasteiger partial charge in [-0.3, -0.25) is 4.74 Å². The lowest BCUT2D eigenvalue weighted by molar-refractivity contribution is -0.334. The predicted octanol–water partition coefficient (Wildman–Crippen LogP) is 5.53. The zero-order valence-electron chi connectivity index (χ0n) is 9.92. The van der Waals surface area contributed by atoms with Crippen LogP contribution in [0.3, 0.4) is 0 Å². The fraction of sp³-hybridized carbons (Fsp3) is 1.00. The Hall–Kier alpha value is 1.09. The average molecular weight is 517 g/mol. The molecule has 3 nitrogen and oxygen atoms in total. The highest BCUT2D eigenvalue weighted by molar-refractivity contribution is 7.87. The lowest BCUT2D eigenvalue weighted by atomic mass is 10.2. The van der Waals surface area contributed by atoms with E-state index in [4.69, 9.17) is 46.4 Å². The second-order valence-corrected chi connectivity index (χ2v) is 8.71. The smallest absolute Gasteiger partial charge is 0.274 e. The van der Waals surface area contributed by atoms with Gasteiger partial charge in [-0.1, -0.05) is 61.9 Å². The van der Waals surface area contributed by atoms with Crippen LogP contribution in [0.5, 0.6) is 0 Å². The number of alkyl halides is 13. The van der Waals surface area contributed by atoms with Crippen LogP contribution >= 0.6 is 69.6 Å². The largest absolute Gasteiger partial charge is 0.464 e. The highest BCUT2D eigenvalue weighted by atomic mass is 35.5. The lowest BCUT2D eigenvalue weighted by Gasteiger charge is -2.41. The van der Waals surface area contributed by atoms with E-state index in [1.54, 1.807) is 0 Å². The van der Waals surface area contributed by atoms with Crippen LogP contribution in [0.15, 0.2) is 0 Å². The Morgan fingerprint density at radius 2 is 1.08 bits per heavy atom. The molecule has 24 heavy (non-hydrogen) atoms. The Balaban J connectivity index is 6.04.